The van der Waals surface area contributed by atoms with Gasteiger partial charge in [-0.15, -0.1) is 0 Å². The van der Waals surface area contributed by atoms with Gasteiger partial charge in [-0.2, -0.15) is 13.2 Å². The first-order valence-electron chi connectivity index (χ1n) is 10.4. The Bertz CT molecular complexity index is 1180. The predicted molar refractivity (Wildman–Crippen MR) is 116 cm³/mol. The number of carbonyl (C=O) groups excluding carboxylic acids is 1. The van der Waals surface area contributed by atoms with Crippen LogP contribution < -0.4 is 22.1 Å². The zero-order valence-electron chi connectivity index (χ0n) is 17.5. The number of hydrogen-bond donors (Lipinski definition) is 4. The number of hydrogen-bond acceptors (Lipinski definition) is 6. The quantitative estimate of drug-likeness (QED) is 0.412. The number of nitrogens with zero attached hydrogens (tertiary/aromatic N) is 3. The maximum atomic E-state index is 14.7. The first kappa shape index (κ1) is 22.8. The molecule has 2 atom stereocenters. The fourth-order valence-electron chi connectivity index (χ4n) is 4.04. The fourth-order valence-corrected chi connectivity index (χ4v) is 4.04. The van der Waals surface area contributed by atoms with Crippen LogP contribution in [0.5, 0.6) is 0 Å². The summed E-state index contributed by atoms with van der Waals surface area (Å²) >= 11 is 0. The van der Waals surface area contributed by atoms with Crippen LogP contribution in [0, 0.1) is 5.82 Å². The smallest absolute Gasteiger partial charge is 0.365 e. The molecule has 176 valence electrons. The summed E-state index contributed by atoms with van der Waals surface area (Å²) in [7, 11) is 0. The Morgan fingerprint density at radius 1 is 1.21 bits per heavy atom. The maximum Gasteiger partial charge on any atom is 0.406 e. The molecule has 0 aromatic carbocycles. The van der Waals surface area contributed by atoms with E-state index in [9.17, 15) is 22.4 Å². The summed E-state index contributed by atoms with van der Waals surface area (Å²) in [6, 6.07) is 3.60. The highest BCUT2D eigenvalue weighted by Gasteiger charge is 2.29. The van der Waals surface area contributed by atoms with Gasteiger partial charge in [0, 0.05) is 29.9 Å². The molecule has 0 saturated heterocycles. The van der Waals surface area contributed by atoms with E-state index in [0.29, 0.717) is 11.1 Å². The van der Waals surface area contributed by atoms with E-state index in [4.69, 9.17) is 11.5 Å². The Balaban J connectivity index is 1.69. The highest BCUT2D eigenvalue weighted by molar-refractivity contribution is 6.00. The van der Waals surface area contributed by atoms with Crippen molar-refractivity contribution in [2.24, 2.45) is 11.5 Å². The fraction of sp³-hybridized carbons (Fsp3) is 0.381. The van der Waals surface area contributed by atoms with Gasteiger partial charge in [-0.1, -0.05) is 12.8 Å². The number of halogens is 4. The third-order valence-corrected chi connectivity index (χ3v) is 5.65. The number of rotatable bonds is 6. The summed E-state index contributed by atoms with van der Waals surface area (Å²) < 4.78 is 54.3. The summed E-state index contributed by atoms with van der Waals surface area (Å²) in [6.45, 7) is -1.20. The van der Waals surface area contributed by atoms with Crippen molar-refractivity contribution in [3.05, 3.63) is 42.0 Å². The minimum atomic E-state index is -4.42. The molecule has 0 bridgehead atoms. The standard InChI is InChI=1S/C21H23F4N7O/c22-13-9-12(17(27)33)18(31-19(13)30-16-4-2-1-3-14(16)26)29-15-5-7-28-20-11(15)6-8-32(20)10-21(23,24)25/h5-9,14,16H,1-4,10,26H2,(H2,27,33)(H2,28,29,30,31)/t14-,16+/m0/s1. The lowest BCUT2D eigenvalue weighted by molar-refractivity contribution is -0.139. The molecular formula is C21H23F4N7O. The number of pyridine rings is 2. The molecule has 0 spiro atoms. The number of nitrogens with two attached hydrogens (primary N) is 2. The zero-order chi connectivity index (χ0) is 23.8. The summed E-state index contributed by atoms with van der Waals surface area (Å²) in [4.78, 5) is 20.2. The van der Waals surface area contributed by atoms with Gasteiger partial charge in [-0.05, 0) is 31.0 Å². The molecule has 0 aliphatic heterocycles. The highest BCUT2D eigenvalue weighted by atomic mass is 19.4. The van der Waals surface area contributed by atoms with Gasteiger partial charge < -0.3 is 26.7 Å². The lowest BCUT2D eigenvalue weighted by Gasteiger charge is -2.30. The number of anilines is 3. The van der Waals surface area contributed by atoms with Crippen molar-refractivity contribution in [3.63, 3.8) is 0 Å². The number of carbonyl (C=O) groups is 1. The molecule has 1 aliphatic rings. The van der Waals surface area contributed by atoms with Gasteiger partial charge >= 0.3 is 6.18 Å². The van der Waals surface area contributed by atoms with Gasteiger partial charge in [0.05, 0.1) is 11.3 Å². The third kappa shape index (κ3) is 5.00. The first-order valence-corrected chi connectivity index (χ1v) is 10.4. The van der Waals surface area contributed by atoms with Gasteiger partial charge in [0.15, 0.2) is 11.6 Å². The second kappa shape index (κ2) is 8.85. The highest BCUT2D eigenvalue weighted by Crippen LogP contribution is 2.31. The summed E-state index contributed by atoms with van der Waals surface area (Å²) in [5.74, 6) is -1.80. The van der Waals surface area contributed by atoms with Crippen LogP contribution in [0.2, 0.25) is 0 Å². The lowest BCUT2D eigenvalue weighted by Crippen LogP contribution is -2.43. The third-order valence-electron chi connectivity index (χ3n) is 5.65. The van der Waals surface area contributed by atoms with Gasteiger partial charge in [0.1, 0.15) is 18.0 Å². The van der Waals surface area contributed by atoms with E-state index in [1.807, 2.05) is 0 Å². The number of amides is 1. The van der Waals surface area contributed by atoms with Gasteiger partial charge in [-0.25, -0.2) is 14.4 Å². The topological polar surface area (TPSA) is 124 Å². The Hall–Kier alpha value is -3.41. The first-order chi connectivity index (χ1) is 15.6. The van der Waals surface area contributed by atoms with E-state index >= 15 is 0 Å². The molecule has 1 saturated carbocycles. The minimum absolute atomic E-state index is 0.0353. The molecule has 1 aliphatic carbocycles. The predicted octanol–water partition coefficient (Wildman–Crippen LogP) is 3.66. The van der Waals surface area contributed by atoms with Gasteiger partial charge in [-0.3, -0.25) is 4.79 Å². The van der Waals surface area contributed by atoms with E-state index in [-0.39, 0.29) is 34.9 Å². The average Bonchev–Trinajstić information content (AvgIpc) is 3.14. The van der Waals surface area contributed by atoms with Crippen LogP contribution in [0.25, 0.3) is 11.0 Å². The number of nitrogens with one attached hydrogen (secondary N) is 2. The molecule has 33 heavy (non-hydrogen) atoms. The van der Waals surface area contributed by atoms with E-state index in [2.05, 4.69) is 20.6 Å². The Morgan fingerprint density at radius 3 is 2.67 bits per heavy atom. The van der Waals surface area contributed by atoms with Crippen LogP contribution in [0.1, 0.15) is 36.0 Å². The van der Waals surface area contributed by atoms with E-state index < -0.39 is 24.4 Å². The summed E-state index contributed by atoms with van der Waals surface area (Å²) in [6.07, 6.45) is 1.66. The molecule has 0 radical (unpaired) electrons. The average molecular weight is 465 g/mol. The molecule has 3 aromatic heterocycles. The molecule has 12 heteroatoms. The summed E-state index contributed by atoms with van der Waals surface area (Å²) in [5.41, 5.74) is 11.8. The lowest BCUT2D eigenvalue weighted by atomic mass is 9.91. The molecule has 3 aromatic rings. The second-order valence-electron chi connectivity index (χ2n) is 8.06. The second-order valence-corrected chi connectivity index (χ2v) is 8.06. The van der Waals surface area contributed by atoms with Crippen molar-refractivity contribution in [2.45, 2.75) is 50.5 Å². The molecule has 8 nitrogen and oxygen atoms in total. The van der Waals surface area contributed by atoms with Crippen LogP contribution in [0.4, 0.5) is 34.9 Å². The zero-order valence-corrected chi connectivity index (χ0v) is 17.5. The van der Waals surface area contributed by atoms with Crippen molar-refractivity contribution in [1.82, 2.24) is 14.5 Å². The Morgan fingerprint density at radius 2 is 1.97 bits per heavy atom. The molecule has 1 fully saturated rings. The van der Waals surface area contributed by atoms with Gasteiger partial charge in [0.25, 0.3) is 5.91 Å². The van der Waals surface area contributed by atoms with Crippen LogP contribution in [0.15, 0.2) is 30.6 Å². The van der Waals surface area contributed by atoms with Crippen LogP contribution >= 0.6 is 0 Å². The number of alkyl halides is 3. The molecular weight excluding hydrogens is 442 g/mol. The van der Waals surface area contributed by atoms with E-state index in [0.717, 1.165) is 36.3 Å². The number of fused-ring (bicyclic) bond motifs is 1. The molecule has 4 rings (SSSR count). The van der Waals surface area contributed by atoms with Crippen LogP contribution in [-0.4, -0.2) is 38.7 Å². The molecule has 6 N–H and O–H groups in total. The minimum Gasteiger partial charge on any atom is -0.365 e. The molecule has 3 heterocycles. The largest absolute Gasteiger partial charge is 0.406 e. The summed E-state index contributed by atoms with van der Waals surface area (Å²) in [5, 5.41) is 6.29. The van der Waals surface area contributed by atoms with E-state index in [1.54, 1.807) is 0 Å². The monoisotopic (exact) mass is 465 g/mol. The number of primary amides is 1. The van der Waals surface area contributed by atoms with Crippen LogP contribution in [-0.2, 0) is 6.54 Å². The molecule has 1 amide bonds. The van der Waals surface area contributed by atoms with Crippen molar-refractivity contribution < 1.29 is 22.4 Å². The van der Waals surface area contributed by atoms with Crippen LogP contribution in [0.3, 0.4) is 0 Å². The normalized spacial score (nSPS) is 18.9. The van der Waals surface area contributed by atoms with E-state index in [1.165, 1.54) is 24.5 Å². The van der Waals surface area contributed by atoms with Crippen molar-refractivity contribution in [3.8, 4) is 0 Å². The van der Waals surface area contributed by atoms with Crippen molar-refractivity contribution in [1.29, 1.82) is 0 Å². The molecule has 0 unspecified atom stereocenters. The number of aromatic nitrogens is 3. The van der Waals surface area contributed by atoms with Crippen molar-refractivity contribution in [2.75, 3.05) is 10.6 Å². The SMILES string of the molecule is NC(=O)c1cc(F)c(N[C@@H]2CCCC[C@@H]2N)nc1Nc1ccnc2c1ccn2CC(F)(F)F. The maximum absolute atomic E-state index is 14.7. The Labute approximate surface area is 186 Å². The van der Waals surface area contributed by atoms with Crippen molar-refractivity contribution >= 4 is 34.3 Å². The van der Waals surface area contributed by atoms with Gasteiger partial charge in [0.2, 0.25) is 0 Å². The Kier molecular flexibility index (Phi) is 6.11.